The van der Waals surface area contributed by atoms with E-state index in [9.17, 15) is 45.4 Å². The van der Waals surface area contributed by atoms with Crippen molar-refractivity contribution in [1.29, 1.82) is 0 Å². The molecule has 3 heterocycles. The monoisotopic (exact) mass is 694 g/mol. The molecule has 0 saturated heterocycles. The largest absolute Gasteiger partial charge is 1.00 e. The number of primary amides is 1. The maximum atomic E-state index is 13.6. The fourth-order valence-electron chi connectivity index (χ4n) is 3.69. The molecule has 1 unspecified atom stereocenters. The molecule has 3 N–H and O–H groups in total. The topological polar surface area (TPSA) is 196 Å². The number of carbonyl (C=O) groups is 1. The van der Waals surface area contributed by atoms with Crippen LogP contribution >= 0.6 is 19.4 Å². The summed E-state index contributed by atoms with van der Waals surface area (Å²) in [6.07, 6.45) is -12.6. The van der Waals surface area contributed by atoms with Gasteiger partial charge in [0.1, 0.15) is 12.1 Å². The van der Waals surface area contributed by atoms with Crippen molar-refractivity contribution >= 4 is 25.3 Å². The Morgan fingerprint density at radius 2 is 1.77 bits per heavy atom. The molecular formula is C21H15ClF6KN8O6P. The average molecular weight is 695 g/mol. The van der Waals surface area contributed by atoms with Gasteiger partial charge >= 0.3 is 69.4 Å². The Morgan fingerprint density at radius 1 is 1.14 bits per heavy atom. The van der Waals surface area contributed by atoms with Gasteiger partial charge in [-0.2, -0.15) is 31.0 Å². The normalized spacial score (nSPS) is 14.1. The first kappa shape index (κ1) is 36.0. The van der Waals surface area contributed by atoms with Crippen LogP contribution in [-0.4, -0.2) is 57.2 Å². The summed E-state index contributed by atoms with van der Waals surface area (Å²) < 4.78 is 97.6. The maximum absolute atomic E-state index is 13.6. The molecular weight excluding hydrogens is 680 g/mol. The number of benzene rings is 1. The third-order valence-corrected chi connectivity index (χ3v) is 6.23. The Balaban J connectivity index is 0.00000529. The van der Waals surface area contributed by atoms with Crippen LogP contribution in [0.1, 0.15) is 22.0 Å². The summed E-state index contributed by atoms with van der Waals surface area (Å²) in [4.78, 5) is 52.5. The predicted octanol–water partition coefficient (Wildman–Crippen LogP) is -1.08. The summed E-state index contributed by atoms with van der Waals surface area (Å²) in [6.45, 7) is -2.35. The van der Waals surface area contributed by atoms with Gasteiger partial charge in [0.05, 0.1) is 6.54 Å². The van der Waals surface area contributed by atoms with Crippen LogP contribution in [0.3, 0.4) is 0 Å². The zero-order chi connectivity index (χ0) is 31.9. The van der Waals surface area contributed by atoms with E-state index in [1.807, 2.05) is 0 Å². The van der Waals surface area contributed by atoms with Crippen LogP contribution in [0, 0.1) is 0 Å². The van der Waals surface area contributed by atoms with Crippen molar-refractivity contribution in [2.75, 3.05) is 0 Å². The van der Waals surface area contributed by atoms with E-state index >= 15 is 0 Å². The summed E-state index contributed by atoms with van der Waals surface area (Å²) in [7, 11) is -5.95. The van der Waals surface area contributed by atoms with Gasteiger partial charge in [-0.25, -0.2) is 19.4 Å². The molecule has 4 rings (SSSR count). The maximum Gasteiger partial charge on any atom is 1.00 e. The number of phosphoric acid groups is 1. The van der Waals surface area contributed by atoms with Gasteiger partial charge in [0.15, 0.2) is 23.6 Å². The summed E-state index contributed by atoms with van der Waals surface area (Å²) >= 11 is 5.84. The van der Waals surface area contributed by atoms with Crippen molar-refractivity contribution in [3.05, 3.63) is 75.3 Å². The second-order valence-corrected chi connectivity index (χ2v) is 10.1. The molecule has 0 aliphatic heterocycles. The van der Waals surface area contributed by atoms with E-state index < -0.39 is 79.8 Å². The Labute approximate surface area is 288 Å². The molecule has 0 spiro atoms. The molecule has 0 saturated carbocycles. The predicted molar refractivity (Wildman–Crippen MR) is 129 cm³/mol. The summed E-state index contributed by atoms with van der Waals surface area (Å²) in [6, 6.07) is 6.74. The van der Waals surface area contributed by atoms with Crippen molar-refractivity contribution in [3.8, 4) is 17.2 Å². The van der Waals surface area contributed by atoms with E-state index in [0.717, 1.165) is 12.3 Å². The van der Waals surface area contributed by atoms with Gasteiger partial charge in [-0.1, -0.05) is 11.6 Å². The minimum atomic E-state index is -5.95. The number of phosphoric ester groups is 1. The number of nitrogens with zero attached hydrogens (tertiary/aromatic N) is 7. The fraction of sp³-hybridized carbons (Fsp3) is 0.238. The first-order chi connectivity index (χ1) is 19.8. The standard InChI is InChI=1S/C21H16ClF6N8O6P.K/c22-11-5-3-10(4-6-11)16-33-35(19(38)34(16)8-13(21(26,27)28)42-43(39,40)41)9-14-31-18(15(29)37)36(32-14)17-12(20(23,24)25)2-1-7-30-17;/h1-7,13H,8-9H2,(H2,29,37)(H2,39,40,41);/q;+1/p-1/t13-;/m0./s1. The van der Waals surface area contributed by atoms with Gasteiger partial charge in [0.2, 0.25) is 5.82 Å². The van der Waals surface area contributed by atoms with Crippen LogP contribution in [0.15, 0.2) is 47.4 Å². The number of nitrogens with two attached hydrogens (primary N) is 1. The van der Waals surface area contributed by atoms with Crippen LogP contribution in [-0.2, 0) is 28.4 Å². The quantitative estimate of drug-likeness (QED) is 0.124. The zero-order valence-electron chi connectivity index (χ0n) is 21.8. The van der Waals surface area contributed by atoms with Gasteiger partial charge in [0.25, 0.3) is 13.7 Å². The number of rotatable bonds is 9. The Bertz CT molecular complexity index is 1770. The second-order valence-electron chi connectivity index (χ2n) is 8.49. The van der Waals surface area contributed by atoms with Crippen molar-refractivity contribution in [3.63, 3.8) is 0 Å². The van der Waals surface area contributed by atoms with Gasteiger partial charge in [-0.3, -0.25) is 13.9 Å². The number of alkyl halides is 6. The molecule has 3 aromatic heterocycles. The molecule has 4 aromatic rings. The molecule has 23 heteroatoms. The fourth-order valence-corrected chi connectivity index (χ4v) is 4.33. The smallest absolute Gasteiger partial charge is 0.756 e. The van der Waals surface area contributed by atoms with Crippen molar-refractivity contribution in [2.24, 2.45) is 5.73 Å². The Hall–Kier alpha value is -2.46. The van der Waals surface area contributed by atoms with Gasteiger partial charge in [-0.15, -0.1) is 10.2 Å². The average Bonchev–Trinajstić information content (AvgIpc) is 3.44. The molecule has 0 radical (unpaired) electrons. The molecule has 0 fully saturated rings. The molecule has 2 atom stereocenters. The molecule has 230 valence electrons. The zero-order valence-corrected chi connectivity index (χ0v) is 26.6. The number of aromatic nitrogens is 7. The Kier molecular flexibility index (Phi) is 11.0. The van der Waals surface area contributed by atoms with E-state index in [2.05, 4.69) is 24.7 Å². The van der Waals surface area contributed by atoms with Gasteiger partial charge in [0, 0.05) is 16.8 Å². The van der Waals surface area contributed by atoms with Crippen LogP contribution in [0.2, 0.25) is 5.02 Å². The summed E-state index contributed by atoms with van der Waals surface area (Å²) in [5, 5.41) is 7.92. The summed E-state index contributed by atoms with van der Waals surface area (Å²) in [5.74, 6) is -4.07. The first-order valence-electron chi connectivity index (χ1n) is 11.4. The Morgan fingerprint density at radius 3 is 2.32 bits per heavy atom. The van der Waals surface area contributed by atoms with Crippen LogP contribution < -0.4 is 67.7 Å². The molecule has 44 heavy (non-hydrogen) atoms. The number of hydrogen-bond donors (Lipinski definition) is 2. The minimum Gasteiger partial charge on any atom is -0.756 e. The van der Waals surface area contributed by atoms with Gasteiger partial charge in [-0.05, 0) is 36.4 Å². The van der Waals surface area contributed by atoms with Crippen LogP contribution in [0.5, 0.6) is 0 Å². The van der Waals surface area contributed by atoms with E-state index in [1.165, 1.54) is 24.3 Å². The molecule has 0 aliphatic rings. The van der Waals surface area contributed by atoms with Crippen molar-refractivity contribution in [1.82, 2.24) is 34.1 Å². The first-order valence-corrected chi connectivity index (χ1v) is 13.2. The van der Waals surface area contributed by atoms with Crippen molar-refractivity contribution < 1.29 is 101 Å². The van der Waals surface area contributed by atoms with Crippen molar-refractivity contribution in [2.45, 2.75) is 31.5 Å². The molecule has 1 aromatic carbocycles. The number of carbonyl (C=O) groups excluding carboxylic acids is 1. The van der Waals surface area contributed by atoms with E-state index in [0.29, 0.717) is 20.0 Å². The number of pyridine rings is 1. The summed E-state index contributed by atoms with van der Waals surface area (Å²) in [5.41, 5.74) is 2.61. The van der Waals surface area contributed by atoms with Crippen LogP contribution in [0.25, 0.3) is 17.2 Å². The number of halogens is 7. The third kappa shape index (κ3) is 8.41. The van der Waals surface area contributed by atoms with Crippen LogP contribution in [0.4, 0.5) is 26.3 Å². The SMILES string of the molecule is NC(=O)c1nc(Cn2nc(-c3ccc(Cl)cc3)n(C[C@H](OP(=O)([O-])O)C(F)(F)F)c2=O)nn1-c1ncccc1C(F)(F)F.[K+]. The second kappa shape index (κ2) is 13.5. The third-order valence-electron chi connectivity index (χ3n) is 5.45. The number of hydrogen-bond acceptors (Lipinski definition) is 9. The van der Waals surface area contributed by atoms with E-state index in [4.69, 9.17) is 22.2 Å². The van der Waals surface area contributed by atoms with E-state index in [1.54, 1.807) is 0 Å². The molecule has 1 amide bonds. The van der Waals surface area contributed by atoms with E-state index in [-0.39, 0.29) is 62.0 Å². The molecule has 14 nitrogen and oxygen atoms in total. The number of amides is 1. The molecule has 0 aliphatic carbocycles. The van der Waals surface area contributed by atoms with Gasteiger partial charge < -0.3 is 20.0 Å². The molecule has 0 bridgehead atoms. The minimum absolute atomic E-state index is 0.